The Morgan fingerprint density at radius 3 is 1.97 bits per heavy atom. The van der Waals surface area contributed by atoms with Crippen LogP contribution in [0, 0.1) is 5.82 Å². The van der Waals surface area contributed by atoms with Crippen molar-refractivity contribution in [2.24, 2.45) is 0 Å². The summed E-state index contributed by atoms with van der Waals surface area (Å²) < 4.78 is 13.4. The van der Waals surface area contributed by atoms with Gasteiger partial charge in [-0.1, -0.05) is 72.8 Å². The summed E-state index contributed by atoms with van der Waals surface area (Å²) in [6, 6.07) is 32.3. The van der Waals surface area contributed by atoms with Gasteiger partial charge in [-0.15, -0.1) is 0 Å². The second-order valence-electron chi connectivity index (χ2n) is 8.43. The van der Waals surface area contributed by atoms with Crippen molar-refractivity contribution in [2.45, 2.75) is 25.9 Å². The Morgan fingerprint density at radius 1 is 0.771 bits per heavy atom. The van der Waals surface area contributed by atoms with Gasteiger partial charge in [0.25, 0.3) is 5.91 Å². The first-order valence-corrected chi connectivity index (χ1v) is 11.5. The average molecular weight is 467 g/mol. The lowest BCUT2D eigenvalue weighted by molar-refractivity contribution is -0.121. The molecule has 4 aromatic carbocycles. The topological polar surface area (TPSA) is 49.4 Å². The van der Waals surface area contributed by atoms with Gasteiger partial charge in [-0.05, 0) is 60.0 Å². The van der Waals surface area contributed by atoms with E-state index < -0.39 is 0 Å². The number of hydrogen-bond donors (Lipinski definition) is 1. The first-order valence-electron chi connectivity index (χ1n) is 11.5. The van der Waals surface area contributed by atoms with Gasteiger partial charge in [0.15, 0.2) is 0 Å². The number of nitrogens with one attached hydrogen (secondary N) is 1. The van der Waals surface area contributed by atoms with Crippen molar-refractivity contribution >= 4 is 17.5 Å². The average Bonchev–Trinajstić information content (AvgIpc) is 2.89. The third-order valence-electron chi connectivity index (χ3n) is 5.81. The number of amides is 2. The minimum absolute atomic E-state index is 0.0716. The molecule has 4 aromatic rings. The molecule has 1 atom stereocenters. The third kappa shape index (κ3) is 6.42. The lowest BCUT2D eigenvalue weighted by Gasteiger charge is -2.23. The van der Waals surface area contributed by atoms with E-state index in [0.29, 0.717) is 17.8 Å². The molecular weight excluding hydrogens is 439 g/mol. The minimum Gasteiger partial charge on any atom is -0.349 e. The molecular formula is C30H27FN2O2. The number of nitrogens with zero attached hydrogens (tertiary/aromatic N) is 1. The van der Waals surface area contributed by atoms with Crippen LogP contribution in [0.3, 0.4) is 0 Å². The zero-order chi connectivity index (χ0) is 24.6. The Balaban J connectivity index is 1.49. The number of rotatable bonds is 8. The number of carbonyl (C=O) groups excluding carboxylic acids is 2. The summed E-state index contributed by atoms with van der Waals surface area (Å²) in [5, 5.41) is 3.02. The van der Waals surface area contributed by atoms with Crippen LogP contribution in [-0.4, -0.2) is 11.8 Å². The highest BCUT2D eigenvalue weighted by Crippen LogP contribution is 2.22. The normalized spacial score (nSPS) is 11.5. The Labute approximate surface area is 205 Å². The third-order valence-corrected chi connectivity index (χ3v) is 5.81. The Morgan fingerprint density at radius 2 is 1.34 bits per heavy atom. The van der Waals surface area contributed by atoms with Gasteiger partial charge in [0.2, 0.25) is 5.91 Å². The maximum absolute atomic E-state index is 13.4. The molecule has 0 aliphatic heterocycles. The highest BCUT2D eigenvalue weighted by molar-refractivity contribution is 6.06. The standard InChI is InChI=1S/C30H27FN2O2/c1-22(25-8-4-2-5-9-25)32-29(34)20-23-14-18-28(19-15-23)33(21-24-12-16-27(31)17-13-24)30(35)26-10-6-3-7-11-26/h2-19,22H,20-21H2,1H3,(H,32,34)/t22-/m0/s1. The van der Waals surface area contributed by atoms with E-state index in [-0.39, 0.29) is 30.1 Å². The number of carbonyl (C=O) groups is 2. The molecule has 35 heavy (non-hydrogen) atoms. The molecule has 4 nitrogen and oxygen atoms in total. The van der Waals surface area contributed by atoms with Gasteiger partial charge in [0.1, 0.15) is 5.82 Å². The van der Waals surface area contributed by atoms with Crippen LogP contribution in [-0.2, 0) is 17.8 Å². The molecule has 0 saturated heterocycles. The fraction of sp³-hybridized carbons (Fsp3) is 0.133. The molecule has 0 saturated carbocycles. The van der Waals surface area contributed by atoms with Crippen molar-refractivity contribution in [1.29, 1.82) is 0 Å². The molecule has 0 fully saturated rings. The maximum Gasteiger partial charge on any atom is 0.258 e. The highest BCUT2D eigenvalue weighted by Gasteiger charge is 2.19. The van der Waals surface area contributed by atoms with Gasteiger partial charge in [-0.25, -0.2) is 4.39 Å². The van der Waals surface area contributed by atoms with E-state index in [2.05, 4.69) is 5.32 Å². The number of benzene rings is 4. The molecule has 0 aromatic heterocycles. The monoisotopic (exact) mass is 466 g/mol. The van der Waals surface area contributed by atoms with Crippen molar-refractivity contribution in [3.8, 4) is 0 Å². The van der Waals surface area contributed by atoms with E-state index in [1.54, 1.807) is 29.2 Å². The van der Waals surface area contributed by atoms with Crippen LogP contribution in [0.2, 0.25) is 0 Å². The van der Waals surface area contributed by atoms with Crippen molar-refractivity contribution in [3.63, 3.8) is 0 Å². The molecule has 176 valence electrons. The molecule has 0 unspecified atom stereocenters. The molecule has 0 spiro atoms. The van der Waals surface area contributed by atoms with Gasteiger partial charge >= 0.3 is 0 Å². The zero-order valence-electron chi connectivity index (χ0n) is 19.5. The lowest BCUT2D eigenvalue weighted by Crippen LogP contribution is -2.30. The van der Waals surface area contributed by atoms with E-state index in [1.165, 1.54) is 12.1 Å². The summed E-state index contributed by atoms with van der Waals surface area (Å²) in [5.74, 6) is -0.548. The summed E-state index contributed by atoms with van der Waals surface area (Å²) in [6.07, 6.45) is 0.238. The summed E-state index contributed by atoms with van der Waals surface area (Å²) in [7, 11) is 0. The Kier molecular flexibility index (Phi) is 7.68. The Bertz CT molecular complexity index is 1260. The van der Waals surface area contributed by atoms with E-state index in [0.717, 1.165) is 16.7 Å². The van der Waals surface area contributed by atoms with Crippen LogP contribution in [0.5, 0.6) is 0 Å². The van der Waals surface area contributed by atoms with Crippen LogP contribution >= 0.6 is 0 Å². The van der Waals surface area contributed by atoms with Gasteiger partial charge in [-0.3, -0.25) is 9.59 Å². The highest BCUT2D eigenvalue weighted by atomic mass is 19.1. The largest absolute Gasteiger partial charge is 0.349 e. The van der Waals surface area contributed by atoms with E-state index >= 15 is 0 Å². The predicted molar refractivity (Wildman–Crippen MR) is 137 cm³/mol. The molecule has 1 N–H and O–H groups in total. The predicted octanol–water partition coefficient (Wildman–Crippen LogP) is 6.09. The van der Waals surface area contributed by atoms with Crippen LogP contribution in [0.15, 0.2) is 109 Å². The molecule has 0 aliphatic carbocycles. The number of anilines is 1. The van der Waals surface area contributed by atoms with Crippen molar-refractivity contribution in [1.82, 2.24) is 5.32 Å². The molecule has 4 rings (SSSR count). The summed E-state index contributed by atoms with van der Waals surface area (Å²) in [5.41, 5.74) is 3.97. The van der Waals surface area contributed by atoms with Gasteiger partial charge in [0.05, 0.1) is 19.0 Å². The first-order chi connectivity index (χ1) is 17.0. The van der Waals surface area contributed by atoms with Gasteiger partial charge < -0.3 is 10.2 Å². The maximum atomic E-state index is 13.4. The fourth-order valence-corrected chi connectivity index (χ4v) is 3.89. The summed E-state index contributed by atoms with van der Waals surface area (Å²) in [4.78, 5) is 27.6. The van der Waals surface area contributed by atoms with Crippen LogP contribution < -0.4 is 10.2 Å². The molecule has 0 aliphatic rings. The van der Waals surface area contributed by atoms with E-state index in [1.807, 2.05) is 79.7 Å². The molecule has 5 heteroatoms. The quantitative estimate of drug-likeness (QED) is 0.341. The molecule has 2 amide bonds. The Hall–Kier alpha value is -4.25. The van der Waals surface area contributed by atoms with Crippen LogP contribution in [0.4, 0.5) is 10.1 Å². The van der Waals surface area contributed by atoms with Crippen LogP contribution in [0.25, 0.3) is 0 Å². The smallest absolute Gasteiger partial charge is 0.258 e. The SMILES string of the molecule is C[C@H](NC(=O)Cc1ccc(N(Cc2ccc(F)cc2)C(=O)c2ccccc2)cc1)c1ccccc1. The second kappa shape index (κ2) is 11.3. The fourth-order valence-electron chi connectivity index (χ4n) is 3.89. The lowest BCUT2D eigenvalue weighted by atomic mass is 10.1. The van der Waals surface area contributed by atoms with E-state index in [9.17, 15) is 14.0 Å². The summed E-state index contributed by atoms with van der Waals surface area (Å²) >= 11 is 0. The minimum atomic E-state index is -0.320. The molecule has 0 bridgehead atoms. The van der Waals surface area contributed by atoms with Crippen LogP contribution in [0.1, 0.15) is 40.0 Å². The second-order valence-corrected chi connectivity index (χ2v) is 8.43. The van der Waals surface area contributed by atoms with E-state index in [4.69, 9.17) is 0 Å². The molecule has 0 heterocycles. The van der Waals surface area contributed by atoms with Crippen molar-refractivity contribution in [2.75, 3.05) is 4.90 Å². The van der Waals surface area contributed by atoms with Gasteiger partial charge in [0, 0.05) is 11.3 Å². The molecule has 0 radical (unpaired) electrons. The zero-order valence-corrected chi connectivity index (χ0v) is 19.5. The first kappa shape index (κ1) is 23.9. The number of halogens is 1. The number of hydrogen-bond acceptors (Lipinski definition) is 2. The summed E-state index contributed by atoms with van der Waals surface area (Å²) in [6.45, 7) is 2.25. The van der Waals surface area contributed by atoms with Crippen molar-refractivity contribution < 1.29 is 14.0 Å². The van der Waals surface area contributed by atoms with Gasteiger partial charge in [-0.2, -0.15) is 0 Å². The van der Waals surface area contributed by atoms with Crippen molar-refractivity contribution in [3.05, 3.63) is 137 Å².